The number of ether oxygens (including phenoxy) is 1. The molecule has 0 saturated carbocycles. The van der Waals surface area contributed by atoms with Crippen molar-refractivity contribution in [1.29, 1.82) is 0 Å². The molecule has 9 heteroatoms. The van der Waals surface area contributed by atoms with Crippen LogP contribution in [0.3, 0.4) is 0 Å². The van der Waals surface area contributed by atoms with E-state index in [1.54, 1.807) is 0 Å². The first-order valence-electron chi connectivity index (χ1n) is 6.46. The molecule has 2 rings (SSSR count). The Labute approximate surface area is 120 Å². The van der Waals surface area contributed by atoms with Gasteiger partial charge in [0.25, 0.3) is 0 Å². The quantitative estimate of drug-likeness (QED) is 0.653. The van der Waals surface area contributed by atoms with Crippen LogP contribution in [0.5, 0.6) is 0 Å². The predicted molar refractivity (Wildman–Crippen MR) is 73.1 cm³/mol. The summed E-state index contributed by atoms with van der Waals surface area (Å²) in [7, 11) is 0. The van der Waals surface area contributed by atoms with E-state index in [9.17, 15) is 9.59 Å². The number of carboxylic acid groups (broad SMARTS) is 1. The Bertz CT molecular complexity index is 495. The number of rotatable bonds is 7. The summed E-state index contributed by atoms with van der Waals surface area (Å²) in [6, 6.07) is 0. The lowest BCUT2D eigenvalue weighted by Gasteiger charge is -2.26. The summed E-state index contributed by atoms with van der Waals surface area (Å²) in [6.07, 6.45) is 0.820. The lowest BCUT2D eigenvalue weighted by molar-refractivity contribution is -0.133. The molecule has 0 spiro atoms. The molecule has 2 heterocycles. The van der Waals surface area contributed by atoms with Crippen LogP contribution in [0.2, 0.25) is 0 Å². The first-order valence-corrected chi connectivity index (χ1v) is 7.45. The van der Waals surface area contributed by atoms with E-state index in [1.165, 1.54) is 4.57 Å². The van der Waals surface area contributed by atoms with Crippen molar-refractivity contribution in [3.8, 4) is 0 Å². The molecule has 1 fully saturated rings. The maximum Gasteiger partial charge on any atom is 0.343 e. The lowest BCUT2D eigenvalue weighted by Crippen LogP contribution is -2.37. The van der Waals surface area contributed by atoms with Gasteiger partial charge in [0.05, 0.1) is 19.0 Å². The molecule has 0 atom stereocenters. The van der Waals surface area contributed by atoms with Crippen molar-refractivity contribution in [3.63, 3.8) is 0 Å². The van der Waals surface area contributed by atoms with Crippen LogP contribution in [0.1, 0.15) is 6.42 Å². The van der Waals surface area contributed by atoms with Gasteiger partial charge < -0.3 is 9.84 Å². The number of thioether (sulfide) groups is 1. The van der Waals surface area contributed by atoms with Crippen molar-refractivity contribution in [2.45, 2.75) is 18.1 Å². The maximum absolute atomic E-state index is 11.6. The Morgan fingerprint density at radius 3 is 2.85 bits per heavy atom. The molecular weight excluding hydrogens is 284 g/mol. The number of H-pyrrole nitrogens is 1. The smallest absolute Gasteiger partial charge is 0.343 e. The SMILES string of the molecule is O=C(O)CSc1n[nH]c(=O)n1CCCN1CCOCC1. The molecule has 8 nitrogen and oxygen atoms in total. The van der Waals surface area contributed by atoms with Crippen molar-refractivity contribution in [3.05, 3.63) is 10.5 Å². The number of hydrogen-bond acceptors (Lipinski definition) is 6. The van der Waals surface area contributed by atoms with Crippen molar-refractivity contribution in [2.24, 2.45) is 0 Å². The molecule has 20 heavy (non-hydrogen) atoms. The molecule has 0 radical (unpaired) electrons. The highest BCUT2D eigenvalue weighted by molar-refractivity contribution is 7.99. The summed E-state index contributed by atoms with van der Waals surface area (Å²) in [5.74, 6) is -1.03. The molecule has 0 amide bonds. The number of nitrogens with one attached hydrogen (secondary N) is 1. The minimum Gasteiger partial charge on any atom is -0.481 e. The molecule has 0 bridgehead atoms. The van der Waals surface area contributed by atoms with Gasteiger partial charge in [0.15, 0.2) is 5.16 Å². The number of carbonyl (C=O) groups is 1. The molecule has 2 N–H and O–H groups in total. The molecule has 1 aliphatic heterocycles. The number of aromatic nitrogens is 3. The van der Waals surface area contributed by atoms with Crippen LogP contribution in [0, 0.1) is 0 Å². The van der Waals surface area contributed by atoms with Gasteiger partial charge in [-0.1, -0.05) is 11.8 Å². The summed E-state index contributed by atoms with van der Waals surface area (Å²) >= 11 is 1.05. The maximum atomic E-state index is 11.6. The van der Waals surface area contributed by atoms with Crippen LogP contribution >= 0.6 is 11.8 Å². The standard InChI is InChI=1S/C11H18N4O4S/c16-9(17)8-20-11-13-12-10(18)15(11)3-1-2-14-4-6-19-7-5-14/h1-8H2,(H,12,18)(H,16,17). The van der Waals surface area contributed by atoms with Crippen LogP contribution < -0.4 is 5.69 Å². The first kappa shape index (κ1) is 15.1. The molecular formula is C11H18N4O4S. The molecule has 1 aliphatic rings. The molecule has 0 aliphatic carbocycles. The number of morpholine rings is 1. The zero-order valence-electron chi connectivity index (χ0n) is 11.1. The Morgan fingerprint density at radius 2 is 2.15 bits per heavy atom. The highest BCUT2D eigenvalue weighted by atomic mass is 32.2. The average Bonchev–Trinajstić information content (AvgIpc) is 2.79. The second kappa shape index (κ2) is 7.46. The minimum atomic E-state index is -0.926. The van der Waals surface area contributed by atoms with Gasteiger partial charge >= 0.3 is 11.7 Å². The number of nitrogens with zero attached hydrogens (tertiary/aromatic N) is 3. The number of hydrogen-bond donors (Lipinski definition) is 2. The fourth-order valence-corrected chi connectivity index (χ4v) is 2.71. The topological polar surface area (TPSA) is 100 Å². The van der Waals surface area contributed by atoms with Gasteiger partial charge in [-0.2, -0.15) is 0 Å². The average molecular weight is 302 g/mol. The van der Waals surface area contributed by atoms with Crippen LogP contribution in [0.4, 0.5) is 0 Å². The van der Waals surface area contributed by atoms with Crippen molar-refractivity contribution < 1.29 is 14.6 Å². The summed E-state index contributed by atoms with van der Waals surface area (Å²) in [5, 5.41) is 15.3. The van der Waals surface area contributed by atoms with E-state index >= 15 is 0 Å². The van der Waals surface area contributed by atoms with Crippen molar-refractivity contribution >= 4 is 17.7 Å². The van der Waals surface area contributed by atoms with Gasteiger partial charge in [0, 0.05) is 26.2 Å². The predicted octanol–water partition coefficient (Wildman–Crippen LogP) is -0.530. The Kier molecular flexibility index (Phi) is 5.62. The monoisotopic (exact) mass is 302 g/mol. The van der Waals surface area contributed by atoms with Crippen LogP contribution in [-0.2, 0) is 16.1 Å². The summed E-state index contributed by atoms with van der Waals surface area (Å²) in [5.41, 5.74) is -0.292. The zero-order chi connectivity index (χ0) is 14.4. The normalized spacial score (nSPS) is 16.4. The zero-order valence-corrected chi connectivity index (χ0v) is 11.9. The molecule has 112 valence electrons. The molecule has 0 aromatic carbocycles. The van der Waals surface area contributed by atoms with E-state index in [0.29, 0.717) is 11.7 Å². The van der Waals surface area contributed by atoms with Gasteiger partial charge in [-0.3, -0.25) is 14.3 Å². The second-order valence-electron chi connectivity index (χ2n) is 4.45. The van der Waals surface area contributed by atoms with E-state index in [1.807, 2.05) is 0 Å². The van der Waals surface area contributed by atoms with E-state index in [4.69, 9.17) is 9.84 Å². The molecule has 1 aromatic heterocycles. The van der Waals surface area contributed by atoms with E-state index in [2.05, 4.69) is 15.1 Å². The van der Waals surface area contributed by atoms with Gasteiger partial charge in [-0.05, 0) is 6.42 Å². The lowest BCUT2D eigenvalue weighted by atomic mass is 10.3. The van der Waals surface area contributed by atoms with E-state index in [0.717, 1.165) is 51.0 Å². The molecule has 1 saturated heterocycles. The van der Waals surface area contributed by atoms with E-state index < -0.39 is 5.97 Å². The van der Waals surface area contributed by atoms with Crippen LogP contribution in [-0.4, -0.2) is 69.3 Å². The highest BCUT2D eigenvalue weighted by Gasteiger charge is 2.13. The fourth-order valence-electron chi connectivity index (χ4n) is 2.01. The largest absolute Gasteiger partial charge is 0.481 e. The van der Waals surface area contributed by atoms with Crippen molar-refractivity contribution in [1.82, 2.24) is 19.7 Å². The van der Waals surface area contributed by atoms with Gasteiger partial charge in [-0.15, -0.1) is 5.10 Å². The third-order valence-corrected chi connectivity index (χ3v) is 3.97. The Hall–Kier alpha value is -1.32. The summed E-state index contributed by atoms with van der Waals surface area (Å²) < 4.78 is 6.77. The highest BCUT2D eigenvalue weighted by Crippen LogP contribution is 2.13. The molecule has 1 aromatic rings. The number of aliphatic carboxylic acids is 1. The third kappa shape index (κ3) is 4.36. The second-order valence-corrected chi connectivity index (χ2v) is 5.40. The third-order valence-electron chi connectivity index (χ3n) is 3.01. The van der Waals surface area contributed by atoms with Crippen molar-refractivity contribution in [2.75, 3.05) is 38.6 Å². The van der Waals surface area contributed by atoms with Gasteiger partial charge in [0.2, 0.25) is 0 Å². The van der Waals surface area contributed by atoms with Crippen LogP contribution in [0.15, 0.2) is 9.95 Å². The van der Waals surface area contributed by atoms with Gasteiger partial charge in [-0.25, -0.2) is 9.89 Å². The number of aromatic amines is 1. The fraction of sp³-hybridized carbons (Fsp3) is 0.727. The first-order chi connectivity index (χ1) is 9.66. The minimum absolute atomic E-state index is 0.103. The van der Waals surface area contributed by atoms with Gasteiger partial charge in [0.1, 0.15) is 0 Å². The van der Waals surface area contributed by atoms with Crippen LogP contribution in [0.25, 0.3) is 0 Å². The molecule has 0 unspecified atom stereocenters. The summed E-state index contributed by atoms with van der Waals surface area (Å²) in [6.45, 7) is 4.78. The van der Waals surface area contributed by atoms with E-state index in [-0.39, 0.29) is 11.4 Å². The Balaban J connectivity index is 1.83. The summed E-state index contributed by atoms with van der Waals surface area (Å²) in [4.78, 5) is 24.5. The number of carboxylic acids is 1. The Morgan fingerprint density at radius 1 is 1.40 bits per heavy atom.